The molecule has 0 spiro atoms. The summed E-state index contributed by atoms with van der Waals surface area (Å²) in [6, 6.07) is 0.587. The zero-order valence-corrected chi connectivity index (χ0v) is 11.4. The Morgan fingerprint density at radius 2 is 2.50 bits per heavy atom. The highest BCUT2D eigenvalue weighted by atomic mass is 16.5. The number of nitrogens with one attached hydrogen (secondary N) is 1. The van der Waals surface area contributed by atoms with Gasteiger partial charge in [-0.25, -0.2) is 4.98 Å². The second-order valence-corrected chi connectivity index (χ2v) is 4.75. The van der Waals surface area contributed by atoms with E-state index in [-0.39, 0.29) is 0 Å². The maximum absolute atomic E-state index is 5.21. The molecule has 1 unspecified atom stereocenters. The smallest absolute Gasteiger partial charge is 0.205 e. The van der Waals surface area contributed by atoms with Crippen molar-refractivity contribution in [2.24, 2.45) is 0 Å². The summed E-state index contributed by atoms with van der Waals surface area (Å²) in [5.41, 5.74) is 0. The predicted molar refractivity (Wildman–Crippen MR) is 73.0 cm³/mol. The van der Waals surface area contributed by atoms with Gasteiger partial charge < -0.3 is 19.5 Å². The first kappa shape index (κ1) is 13.4. The first-order chi connectivity index (χ1) is 8.85. The number of methoxy groups -OCH3 is 1. The summed E-state index contributed by atoms with van der Waals surface area (Å²) in [7, 11) is 1.75. The summed E-state index contributed by atoms with van der Waals surface area (Å²) in [5.74, 6) is 1.06. The number of aromatic nitrogens is 2. The molecular weight excluding hydrogens is 228 g/mol. The second kappa shape index (κ2) is 6.75. The van der Waals surface area contributed by atoms with Gasteiger partial charge in [-0.1, -0.05) is 0 Å². The maximum Gasteiger partial charge on any atom is 0.205 e. The lowest BCUT2D eigenvalue weighted by Gasteiger charge is -2.27. The molecule has 0 radical (unpaired) electrons. The third-order valence-electron chi connectivity index (χ3n) is 3.49. The van der Waals surface area contributed by atoms with Gasteiger partial charge in [-0.3, -0.25) is 0 Å². The summed E-state index contributed by atoms with van der Waals surface area (Å²) >= 11 is 0. The molecule has 2 heterocycles. The Bertz CT molecular complexity index is 347. The molecule has 1 saturated heterocycles. The average molecular weight is 252 g/mol. The number of ether oxygens (including phenoxy) is 1. The van der Waals surface area contributed by atoms with Gasteiger partial charge in [-0.05, 0) is 26.3 Å². The minimum Gasteiger partial charge on any atom is -0.383 e. The molecule has 1 fully saturated rings. The normalized spacial score (nSPS) is 19.3. The Labute approximate surface area is 109 Å². The Morgan fingerprint density at radius 1 is 1.61 bits per heavy atom. The molecule has 0 amide bonds. The van der Waals surface area contributed by atoms with E-state index in [1.807, 2.05) is 12.4 Å². The van der Waals surface area contributed by atoms with Crippen LogP contribution < -0.4 is 10.2 Å². The molecule has 5 nitrogen and oxygen atoms in total. The Hall–Kier alpha value is -1.07. The van der Waals surface area contributed by atoms with Crippen molar-refractivity contribution in [3.05, 3.63) is 12.4 Å². The fraction of sp³-hybridized carbons (Fsp3) is 0.769. The minimum absolute atomic E-state index is 0.587. The van der Waals surface area contributed by atoms with Crippen LogP contribution in [0.4, 0.5) is 5.95 Å². The lowest BCUT2D eigenvalue weighted by atomic mass is 10.2. The van der Waals surface area contributed by atoms with Crippen LogP contribution in [-0.4, -0.2) is 48.9 Å². The van der Waals surface area contributed by atoms with E-state index in [9.17, 15) is 0 Å². The molecule has 0 saturated carbocycles. The molecule has 2 rings (SSSR count). The fourth-order valence-corrected chi connectivity index (χ4v) is 2.48. The van der Waals surface area contributed by atoms with Crippen molar-refractivity contribution >= 4 is 5.95 Å². The van der Waals surface area contributed by atoms with Crippen molar-refractivity contribution in [3.63, 3.8) is 0 Å². The van der Waals surface area contributed by atoms with Crippen LogP contribution in [-0.2, 0) is 11.3 Å². The number of nitrogens with zero attached hydrogens (tertiary/aromatic N) is 3. The molecule has 102 valence electrons. The van der Waals surface area contributed by atoms with E-state index in [1.54, 1.807) is 7.11 Å². The molecule has 1 atom stereocenters. The highest BCUT2D eigenvalue weighted by Gasteiger charge is 2.20. The molecule has 1 N–H and O–H groups in total. The van der Waals surface area contributed by atoms with Gasteiger partial charge in [0.1, 0.15) is 0 Å². The first-order valence-corrected chi connectivity index (χ1v) is 6.83. The van der Waals surface area contributed by atoms with Crippen molar-refractivity contribution in [2.45, 2.75) is 32.4 Å². The van der Waals surface area contributed by atoms with Crippen LogP contribution in [0.25, 0.3) is 0 Å². The van der Waals surface area contributed by atoms with Crippen LogP contribution in [0, 0.1) is 0 Å². The lowest BCUT2D eigenvalue weighted by Crippen LogP contribution is -2.40. The van der Waals surface area contributed by atoms with E-state index in [1.165, 1.54) is 12.8 Å². The van der Waals surface area contributed by atoms with Gasteiger partial charge in [0.25, 0.3) is 0 Å². The van der Waals surface area contributed by atoms with Gasteiger partial charge in [0.2, 0.25) is 5.95 Å². The van der Waals surface area contributed by atoms with E-state index in [0.717, 1.165) is 38.7 Å². The topological polar surface area (TPSA) is 42.3 Å². The van der Waals surface area contributed by atoms with Crippen molar-refractivity contribution in [1.29, 1.82) is 0 Å². The SMILES string of the molecule is CCn1ccnc1N(CCOC)CC1CCCN1. The van der Waals surface area contributed by atoms with Crippen molar-refractivity contribution in [1.82, 2.24) is 14.9 Å². The van der Waals surface area contributed by atoms with Gasteiger partial charge in [0.05, 0.1) is 6.61 Å². The zero-order valence-electron chi connectivity index (χ0n) is 11.4. The molecular formula is C13H24N4O. The molecule has 5 heteroatoms. The standard InChI is InChI=1S/C13H24N4O/c1-3-16-8-7-15-13(16)17(9-10-18-2)11-12-5-4-6-14-12/h7-8,12,14H,3-6,9-11H2,1-2H3. The highest BCUT2D eigenvalue weighted by molar-refractivity contribution is 5.31. The van der Waals surface area contributed by atoms with E-state index in [0.29, 0.717) is 6.04 Å². The van der Waals surface area contributed by atoms with E-state index in [2.05, 4.69) is 26.7 Å². The highest BCUT2D eigenvalue weighted by Crippen LogP contribution is 2.15. The van der Waals surface area contributed by atoms with Crippen LogP contribution in [0.5, 0.6) is 0 Å². The third-order valence-corrected chi connectivity index (χ3v) is 3.49. The molecule has 18 heavy (non-hydrogen) atoms. The predicted octanol–water partition coefficient (Wildman–Crippen LogP) is 1.11. The van der Waals surface area contributed by atoms with Gasteiger partial charge in [0.15, 0.2) is 0 Å². The van der Waals surface area contributed by atoms with Gasteiger partial charge in [0, 0.05) is 45.2 Å². The van der Waals surface area contributed by atoms with Crippen LogP contribution >= 0.6 is 0 Å². The molecule has 1 aliphatic rings. The van der Waals surface area contributed by atoms with Crippen LogP contribution in [0.3, 0.4) is 0 Å². The minimum atomic E-state index is 0.587. The lowest BCUT2D eigenvalue weighted by molar-refractivity contribution is 0.204. The molecule has 1 aromatic rings. The van der Waals surface area contributed by atoms with Gasteiger partial charge in [-0.15, -0.1) is 0 Å². The van der Waals surface area contributed by atoms with Gasteiger partial charge in [-0.2, -0.15) is 0 Å². The van der Waals surface area contributed by atoms with Gasteiger partial charge >= 0.3 is 0 Å². The maximum atomic E-state index is 5.21. The van der Waals surface area contributed by atoms with Crippen molar-refractivity contribution in [3.8, 4) is 0 Å². The first-order valence-electron chi connectivity index (χ1n) is 6.83. The molecule has 0 aromatic carbocycles. The van der Waals surface area contributed by atoms with Crippen molar-refractivity contribution < 1.29 is 4.74 Å². The summed E-state index contributed by atoms with van der Waals surface area (Å²) in [4.78, 5) is 6.82. The number of hydrogen-bond donors (Lipinski definition) is 1. The number of rotatable bonds is 7. The molecule has 0 bridgehead atoms. The summed E-state index contributed by atoms with van der Waals surface area (Å²) in [6.07, 6.45) is 6.46. The second-order valence-electron chi connectivity index (χ2n) is 4.75. The molecule has 1 aliphatic heterocycles. The van der Waals surface area contributed by atoms with Crippen molar-refractivity contribution in [2.75, 3.05) is 38.3 Å². The third kappa shape index (κ3) is 3.23. The fourth-order valence-electron chi connectivity index (χ4n) is 2.48. The number of anilines is 1. The summed E-state index contributed by atoms with van der Waals surface area (Å²) in [5, 5.41) is 3.54. The number of imidazole rings is 1. The largest absolute Gasteiger partial charge is 0.383 e. The summed E-state index contributed by atoms with van der Waals surface area (Å²) < 4.78 is 7.39. The Kier molecular flexibility index (Phi) is 5.01. The zero-order chi connectivity index (χ0) is 12.8. The van der Waals surface area contributed by atoms with E-state index < -0.39 is 0 Å². The monoisotopic (exact) mass is 252 g/mol. The van der Waals surface area contributed by atoms with E-state index >= 15 is 0 Å². The number of aryl methyl sites for hydroxylation is 1. The van der Waals surface area contributed by atoms with E-state index in [4.69, 9.17) is 4.74 Å². The summed E-state index contributed by atoms with van der Waals surface area (Å²) in [6.45, 7) is 6.89. The Balaban J connectivity index is 2.03. The molecule has 0 aliphatic carbocycles. The average Bonchev–Trinajstić information content (AvgIpc) is 3.04. The molecule has 1 aromatic heterocycles. The van der Waals surface area contributed by atoms with Crippen LogP contribution in [0.2, 0.25) is 0 Å². The quantitative estimate of drug-likeness (QED) is 0.789. The Morgan fingerprint density at radius 3 is 3.17 bits per heavy atom. The van der Waals surface area contributed by atoms with Crippen LogP contribution in [0.1, 0.15) is 19.8 Å². The van der Waals surface area contributed by atoms with Crippen LogP contribution in [0.15, 0.2) is 12.4 Å². The number of hydrogen-bond acceptors (Lipinski definition) is 4.